The summed E-state index contributed by atoms with van der Waals surface area (Å²) in [6.45, 7) is 4.06. The molecule has 0 spiro atoms. The van der Waals surface area contributed by atoms with Gasteiger partial charge in [-0.3, -0.25) is 14.5 Å². The first-order valence-electron chi connectivity index (χ1n) is 8.86. The lowest BCUT2D eigenvalue weighted by atomic mass is 10.0. The number of methoxy groups -OCH3 is 1. The van der Waals surface area contributed by atoms with Crippen molar-refractivity contribution >= 4 is 23.0 Å². The summed E-state index contributed by atoms with van der Waals surface area (Å²) in [6.07, 6.45) is 2.35. The van der Waals surface area contributed by atoms with E-state index in [1.807, 2.05) is 18.2 Å². The van der Waals surface area contributed by atoms with Crippen LogP contribution in [0.3, 0.4) is 0 Å². The number of amides is 1. The summed E-state index contributed by atoms with van der Waals surface area (Å²) in [5.74, 6) is 0.688. The first kappa shape index (κ1) is 18.6. The number of rotatable bonds is 7. The number of nitrogens with zero attached hydrogens (tertiary/aromatic N) is 1. The van der Waals surface area contributed by atoms with Gasteiger partial charge >= 0.3 is 0 Å². The Morgan fingerprint density at radius 1 is 1.15 bits per heavy atom. The van der Waals surface area contributed by atoms with Gasteiger partial charge in [0.2, 0.25) is 0 Å². The largest absolute Gasteiger partial charge is 0.496 e. The van der Waals surface area contributed by atoms with Gasteiger partial charge in [0.05, 0.1) is 22.9 Å². The molecule has 0 unspecified atom stereocenters. The highest BCUT2D eigenvalue weighted by molar-refractivity contribution is 7.15. The molecule has 1 aliphatic heterocycles. The molecule has 2 heterocycles. The number of Topliss-reactive ketones (excluding diaryl/α,β-unsaturated/α-hetero) is 1. The highest BCUT2D eigenvalue weighted by atomic mass is 32.1. The van der Waals surface area contributed by atoms with Crippen molar-refractivity contribution in [1.82, 2.24) is 10.2 Å². The molecule has 5 nitrogen and oxygen atoms in total. The molecule has 0 aliphatic carbocycles. The Hall–Kier alpha value is -2.18. The zero-order chi connectivity index (χ0) is 18.5. The van der Waals surface area contributed by atoms with E-state index in [0.29, 0.717) is 16.3 Å². The fourth-order valence-corrected chi connectivity index (χ4v) is 4.17. The SMILES string of the molecule is COc1ccccc1[C@H](CNC(=O)c1ccc(C(C)=O)s1)N1CCCC1. The van der Waals surface area contributed by atoms with Crippen molar-refractivity contribution in [2.24, 2.45) is 0 Å². The number of para-hydroxylation sites is 1. The highest BCUT2D eigenvalue weighted by Crippen LogP contribution is 2.31. The van der Waals surface area contributed by atoms with E-state index in [4.69, 9.17) is 4.74 Å². The van der Waals surface area contributed by atoms with E-state index in [1.165, 1.54) is 31.1 Å². The number of hydrogen-bond acceptors (Lipinski definition) is 5. The molecule has 0 radical (unpaired) electrons. The molecule has 6 heteroatoms. The molecule has 3 rings (SSSR count). The quantitative estimate of drug-likeness (QED) is 0.756. The number of likely N-dealkylation sites (tertiary alicyclic amines) is 1. The van der Waals surface area contributed by atoms with Crippen LogP contribution in [0.15, 0.2) is 36.4 Å². The molecule has 0 bridgehead atoms. The predicted octanol–water partition coefficient (Wildman–Crippen LogP) is 3.53. The lowest BCUT2D eigenvalue weighted by Gasteiger charge is -2.29. The first-order chi connectivity index (χ1) is 12.6. The van der Waals surface area contributed by atoms with E-state index in [1.54, 1.807) is 19.2 Å². The van der Waals surface area contributed by atoms with Crippen LogP contribution in [0.25, 0.3) is 0 Å². The summed E-state index contributed by atoms with van der Waals surface area (Å²) in [5, 5.41) is 3.04. The Morgan fingerprint density at radius 3 is 2.50 bits per heavy atom. The smallest absolute Gasteiger partial charge is 0.261 e. The van der Waals surface area contributed by atoms with Gasteiger partial charge in [-0.05, 0) is 51.1 Å². The molecule has 1 saturated heterocycles. The van der Waals surface area contributed by atoms with Gasteiger partial charge in [0.1, 0.15) is 5.75 Å². The molecule has 1 amide bonds. The Labute approximate surface area is 158 Å². The summed E-state index contributed by atoms with van der Waals surface area (Å²) in [5.41, 5.74) is 1.09. The standard InChI is InChI=1S/C20H24N2O3S/c1-14(23)18-9-10-19(26-18)20(24)21-13-16(22-11-5-6-12-22)15-7-3-4-8-17(15)25-2/h3-4,7-10,16H,5-6,11-13H2,1-2H3,(H,21,24)/t16-/m0/s1. The number of carbonyl (C=O) groups excluding carboxylic acids is 2. The fraction of sp³-hybridized carbons (Fsp3) is 0.400. The lowest BCUT2D eigenvalue weighted by molar-refractivity contribution is 0.0941. The first-order valence-corrected chi connectivity index (χ1v) is 9.67. The molecule has 0 saturated carbocycles. The Morgan fingerprint density at radius 2 is 1.85 bits per heavy atom. The number of benzene rings is 1. The van der Waals surface area contributed by atoms with Crippen molar-refractivity contribution in [2.75, 3.05) is 26.7 Å². The Bertz CT molecular complexity index is 781. The Kier molecular flexibility index (Phi) is 6.06. The van der Waals surface area contributed by atoms with Crippen molar-refractivity contribution in [3.8, 4) is 5.75 Å². The fourth-order valence-electron chi connectivity index (χ4n) is 3.36. The summed E-state index contributed by atoms with van der Waals surface area (Å²) in [6, 6.07) is 11.5. The molecular weight excluding hydrogens is 348 g/mol. The molecule has 1 aromatic heterocycles. The van der Waals surface area contributed by atoms with Crippen LogP contribution >= 0.6 is 11.3 Å². The molecule has 1 aliphatic rings. The van der Waals surface area contributed by atoms with Crippen molar-refractivity contribution in [1.29, 1.82) is 0 Å². The van der Waals surface area contributed by atoms with Crippen molar-refractivity contribution in [2.45, 2.75) is 25.8 Å². The molecule has 1 N–H and O–H groups in total. The zero-order valence-corrected chi connectivity index (χ0v) is 16.0. The van der Waals surface area contributed by atoms with Gasteiger partial charge in [0.25, 0.3) is 5.91 Å². The second kappa shape index (κ2) is 8.47. The molecule has 1 aromatic carbocycles. The number of hydrogen-bond donors (Lipinski definition) is 1. The number of carbonyl (C=O) groups is 2. The highest BCUT2D eigenvalue weighted by Gasteiger charge is 2.26. The molecule has 138 valence electrons. The maximum atomic E-state index is 12.5. The van der Waals surface area contributed by atoms with Crippen LogP contribution in [0.1, 0.15) is 50.7 Å². The third-order valence-electron chi connectivity index (χ3n) is 4.71. The average Bonchev–Trinajstić information content (AvgIpc) is 3.34. The molecular formula is C20H24N2O3S. The van der Waals surface area contributed by atoms with Gasteiger partial charge in [0.15, 0.2) is 5.78 Å². The minimum Gasteiger partial charge on any atom is -0.496 e. The van der Waals surface area contributed by atoms with E-state index >= 15 is 0 Å². The molecule has 2 aromatic rings. The lowest BCUT2D eigenvalue weighted by Crippen LogP contribution is -2.36. The predicted molar refractivity (Wildman–Crippen MR) is 103 cm³/mol. The Balaban J connectivity index is 1.75. The maximum absolute atomic E-state index is 12.5. The van der Waals surface area contributed by atoms with Crippen molar-refractivity contribution in [3.05, 3.63) is 51.7 Å². The number of nitrogens with one attached hydrogen (secondary N) is 1. The van der Waals surface area contributed by atoms with Gasteiger partial charge in [0, 0.05) is 12.1 Å². The van der Waals surface area contributed by atoms with Gasteiger partial charge in [-0.25, -0.2) is 0 Å². The van der Waals surface area contributed by atoms with Gasteiger partial charge < -0.3 is 10.1 Å². The zero-order valence-electron chi connectivity index (χ0n) is 15.2. The van der Waals surface area contributed by atoms with Gasteiger partial charge in [-0.15, -0.1) is 11.3 Å². The van der Waals surface area contributed by atoms with Gasteiger partial charge in [-0.2, -0.15) is 0 Å². The molecule has 1 atom stereocenters. The third-order valence-corrected chi connectivity index (χ3v) is 5.90. The average molecular weight is 372 g/mol. The topological polar surface area (TPSA) is 58.6 Å². The molecule has 26 heavy (non-hydrogen) atoms. The van der Waals surface area contributed by atoms with E-state index in [0.717, 1.165) is 24.4 Å². The third kappa shape index (κ3) is 4.14. The number of ether oxygens (including phenoxy) is 1. The van der Waals surface area contributed by atoms with E-state index < -0.39 is 0 Å². The van der Waals surface area contributed by atoms with E-state index in [9.17, 15) is 9.59 Å². The van der Waals surface area contributed by atoms with Crippen LogP contribution < -0.4 is 10.1 Å². The monoisotopic (exact) mass is 372 g/mol. The summed E-state index contributed by atoms with van der Waals surface area (Å²) >= 11 is 1.24. The minimum atomic E-state index is -0.137. The van der Waals surface area contributed by atoms with Crippen LogP contribution in [0, 0.1) is 0 Å². The van der Waals surface area contributed by atoms with Crippen LogP contribution in [0.5, 0.6) is 5.75 Å². The van der Waals surface area contributed by atoms with Crippen molar-refractivity contribution < 1.29 is 14.3 Å². The van der Waals surface area contributed by atoms with Gasteiger partial charge in [-0.1, -0.05) is 18.2 Å². The molecule has 1 fully saturated rings. The normalized spacial score (nSPS) is 15.6. The second-order valence-electron chi connectivity index (χ2n) is 6.43. The number of thiophene rings is 1. The minimum absolute atomic E-state index is 0.0157. The summed E-state index contributed by atoms with van der Waals surface area (Å²) in [7, 11) is 1.67. The van der Waals surface area contributed by atoms with Crippen molar-refractivity contribution in [3.63, 3.8) is 0 Å². The van der Waals surface area contributed by atoms with Crippen LogP contribution in [-0.2, 0) is 0 Å². The van der Waals surface area contributed by atoms with Crippen LogP contribution in [0.4, 0.5) is 0 Å². The number of ketones is 1. The van der Waals surface area contributed by atoms with Crippen LogP contribution in [-0.4, -0.2) is 43.3 Å². The van der Waals surface area contributed by atoms with E-state index in [2.05, 4.69) is 16.3 Å². The second-order valence-corrected chi connectivity index (χ2v) is 7.51. The van der Waals surface area contributed by atoms with Crippen LogP contribution in [0.2, 0.25) is 0 Å². The maximum Gasteiger partial charge on any atom is 0.261 e. The summed E-state index contributed by atoms with van der Waals surface area (Å²) in [4.78, 5) is 27.5. The summed E-state index contributed by atoms with van der Waals surface area (Å²) < 4.78 is 5.53. The van der Waals surface area contributed by atoms with E-state index in [-0.39, 0.29) is 17.7 Å².